The summed E-state index contributed by atoms with van der Waals surface area (Å²) in [5.41, 5.74) is 0.257. The lowest BCUT2D eigenvalue weighted by Gasteiger charge is -2.28. The molecule has 3 rings (SSSR count). The van der Waals surface area contributed by atoms with Crippen LogP contribution in [-0.2, 0) is 24.7 Å². The van der Waals surface area contributed by atoms with E-state index in [9.17, 15) is 21.6 Å². The maximum absolute atomic E-state index is 13.4. The molecule has 1 amide bonds. The van der Waals surface area contributed by atoms with Crippen LogP contribution in [0.2, 0.25) is 0 Å². The van der Waals surface area contributed by atoms with Gasteiger partial charge in [-0.25, -0.2) is 16.8 Å². The molecule has 31 heavy (non-hydrogen) atoms. The molecule has 1 aliphatic rings. The van der Waals surface area contributed by atoms with Gasteiger partial charge in [-0.05, 0) is 43.2 Å². The lowest BCUT2D eigenvalue weighted by molar-refractivity contribution is -0.118. The van der Waals surface area contributed by atoms with Crippen LogP contribution in [-0.4, -0.2) is 44.9 Å². The monoisotopic (exact) mass is 464 g/mol. The predicted molar refractivity (Wildman–Crippen MR) is 120 cm³/mol. The van der Waals surface area contributed by atoms with E-state index in [0.717, 1.165) is 0 Å². The van der Waals surface area contributed by atoms with Gasteiger partial charge in [0, 0.05) is 18.8 Å². The molecule has 7 nitrogen and oxygen atoms in total. The van der Waals surface area contributed by atoms with Crippen LogP contribution in [0.15, 0.2) is 64.4 Å². The normalized spacial score (nSPS) is 16.4. The second kappa shape index (κ2) is 9.10. The predicted octanol–water partition coefficient (Wildman–Crippen LogP) is 3.44. The van der Waals surface area contributed by atoms with Crippen LogP contribution in [0.5, 0.6) is 0 Å². The first-order valence-electron chi connectivity index (χ1n) is 10.4. The van der Waals surface area contributed by atoms with Crippen molar-refractivity contribution in [2.75, 3.05) is 18.4 Å². The highest BCUT2D eigenvalue weighted by molar-refractivity contribution is 7.93. The van der Waals surface area contributed by atoms with Crippen molar-refractivity contribution in [3.05, 3.63) is 54.6 Å². The van der Waals surface area contributed by atoms with Crippen LogP contribution in [0.25, 0.3) is 0 Å². The van der Waals surface area contributed by atoms with Crippen LogP contribution >= 0.6 is 0 Å². The summed E-state index contributed by atoms with van der Waals surface area (Å²) in [6, 6.07) is 13.9. The topological polar surface area (TPSA) is 101 Å². The Bertz CT molecular complexity index is 1140. The number of benzene rings is 2. The minimum Gasteiger partial charge on any atom is -0.325 e. The number of nitrogens with zero attached hydrogens (tertiary/aromatic N) is 1. The Morgan fingerprint density at radius 1 is 0.903 bits per heavy atom. The van der Waals surface area contributed by atoms with Gasteiger partial charge in [-0.2, -0.15) is 4.31 Å². The number of sulfone groups is 1. The summed E-state index contributed by atoms with van der Waals surface area (Å²) < 4.78 is 52.2. The Kier molecular flexibility index (Phi) is 6.88. The summed E-state index contributed by atoms with van der Waals surface area (Å²) in [6.45, 7) is 4.16. The number of hydrogen-bond acceptors (Lipinski definition) is 5. The van der Waals surface area contributed by atoms with E-state index < -0.39 is 30.5 Å². The molecule has 0 spiro atoms. The first-order valence-corrected chi connectivity index (χ1v) is 13.3. The third kappa shape index (κ3) is 4.26. The van der Waals surface area contributed by atoms with E-state index in [1.807, 2.05) is 0 Å². The quantitative estimate of drug-likeness (QED) is 0.645. The van der Waals surface area contributed by atoms with E-state index in [1.54, 1.807) is 44.2 Å². The zero-order chi connectivity index (χ0) is 22.7. The Balaban J connectivity index is 1.95. The van der Waals surface area contributed by atoms with Gasteiger partial charge in [-0.15, -0.1) is 0 Å². The van der Waals surface area contributed by atoms with Crippen molar-refractivity contribution in [2.45, 2.75) is 54.1 Å². The molecule has 2 aromatic rings. The van der Waals surface area contributed by atoms with E-state index in [4.69, 9.17) is 0 Å². The van der Waals surface area contributed by atoms with Gasteiger partial charge in [0.05, 0.1) is 9.79 Å². The van der Waals surface area contributed by atoms with Crippen LogP contribution in [0.1, 0.15) is 39.5 Å². The number of carbonyl (C=O) groups excluding carboxylic acids is 1. The van der Waals surface area contributed by atoms with Crippen molar-refractivity contribution in [2.24, 2.45) is 0 Å². The molecule has 0 unspecified atom stereocenters. The molecular weight excluding hydrogens is 436 g/mol. The number of hydrogen-bond donors (Lipinski definition) is 1. The van der Waals surface area contributed by atoms with Crippen molar-refractivity contribution in [3.8, 4) is 0 Å². The zero-order valence-electron chi connectivity index (χ0n) is 17.7. The van der Waals surface area contributed by atoms with Crippen molar-refractivity contribution in [1.29, 1.82) is 0 Å². The zero-order valence-corrected chi connectivity index (χ0v) is 19.4. The van der Waals surface area contributed by atoms with Crippen molar-refractivity contribution < 1.29 is 21.6 Å². The molecule has 0 saturated heterocycles. The van der Waals surface area contributed by atoms with Gasteiger partial charge in [-0.3, -0.25) is 4.79 Å². The van der Waals surface area contributed by atoms with E-state index >= 15 is 0 Å². The first kappa shape index (κ1) is 23.4. The Labute approximate surface area is 184 Å². The number of anilines is 1. The van der Waals surface area contributed by atoms with Gasteiger partial charge in [0.25, 0.3) is 0 Å². The fourth-order valence-electron chi connectivity index (χ4n) is 4.08. The van der Waals surface area contributed by atoms with E-state index in [-0.39, 0.29) is 28.3 Å². The molecule has 168 valence electrons. The molecule has 0 aromatic heterocycles. The van der Waals surface area contributed by atoms with Gasteiger partial charge in [0.1, 0.15) is 0 Å². The fourth-order valence-corrected chi connectivity index (χ4v) is 7.67. The highest BCUT2D eigenvalue weighted by Crippen LogP contribution is 2.41. The third-order valence-electron chi connectivity index (χ3n) is 5.83. The summed E-state index contributed by atoms with van der Waals surface area (Å²) in [5, 5.41) is 2.69. The average Bonchev–Trinajstić information content (AvgIpc) is 3.27. The number of nitrogens with one attached hydrogen (secondary N) is 1. The molecule has 1 saturated carbocycles. The average molecular weight is 465 g/mol. The number of carbonyl (C=O) groups is 1. The van der Waals surface area contributed by atoms with Gasteiger partial charge in [-0.1, -0.05) is 51.0 Å². The van der Waals surface area contributed by atoms with Crippen LogP contribution in [0.3, 0.4) is 0 Å². The standard InChI is InChI=1S/C22H28N2O5S2/c1-3-24(4-2)31(28,29)20-14-10-11-18(17-20)23-21(25)22(15-8-9-16-22)30(26,27)19-12-6-5-7-13-19/h5-7,10-14,17H,3-4,8-9,15-16H2,1-2H3,(H,23,25). The largest absolute Gasteiger partial charge is 0.325 e. The number of sulfonamides is 1. The molecule has 0 aliphatic heterocycles. The first-order chi connectivity index (χ1) is 14.7. The van der Waals surface area contributed by atoms with Crippen LogP contribution in [0.4, 0.5) is 5.69 Å². The maximum atomic E-state index is 13.4. The smallest absolute Gasteiger partial charge is 0.246 e. The lowest BCUT2D eigenvalue weighted by Crippen LogP contribution is -2.47. The Hall–Kier alpha value is -2.23. The van der Waals surface area contributed by atoms with Crippen LogP contribution in [0, 0.1) is 0 Å². The molecule has 0 heterocycles. The van der Waals surface area contributed by atoms with Crippen LogP contribution < -0.4 is 5.32 Å². The molecule has 1 aliphatic carbocycles. The van der Waals surface area contributed by atoms with Crippen molar-refractivity contribution in [1.82, 2.24) is 4.31 Å². The minimum atomic E-state index is -3.92. The SMILES string of the molecule is CCN(CC)S(=O)(=O)c1cccc(NC(=O)C2(S(=O)(=O)c3ccccc3)CCCC2)c1. The highest BCUT2D eigenvalue weighted by atomic mass is 32.2. The lowest BCUT2D eigenvalue weighted by atomic mass is 10.1. The molecule has 0 bridgehead atoms. The second-order valence-electron chi connectivity index (χ2n) is 7.59. The molecular formula is C22H28N2O5S2. The maximum Gasteiger partial charge on any atom is 0.246 e. The second-order valence-corrected chi connectivity index (χ2v) is 11.8. The molecule has 2 aromatic carbocycles. The Morgan fingerprint density at radius 3 is 2.06 bits per heavy atom. The minimum absolute atomic E-state index is 0.0559. The fraction of sp³-hybridized carbons (Fsp3) is 0.409. The van der Waals surface area contributed by atoms with E-state index in [1.165, 1.54) is 28.6 Å². The van der Waals surface area contributed by atoms with Gasteiger partial charge < -0.3 is 5.32 Å². The third-order valence-corrected chi connectivity index (χ3v) is 10.4. The molecule has 1 N–H and O–H groups in total. The summed E-state index contributed by atoms with van der Waals surface area (Å²) in [5.74, 6) is -0.619. The molecule has 0 radical (unpaired) electrons. The van der Waals surface area contributed by atoms with E-state index in [2.05, 4.69) is 5.32 Å². The molecule has 0 atom stereocenters. The number of rotatable bonds is 8. The number of amides is 1. The summed E-state index contributed by atoms with van der Waals surface area (Å²) in [6.07, 6.45) is 1.73. The summed E-state index contributed by atoms with van der Waals surface area (Å²) >= 11 is 0. The Morgan fingerprint density at radius 2 is 1.48 bits per heavy atom. The van der Waals surface area contributed by atoms with Gasteiger partial charge >= 0.3 is 0 Å². The van der Waals surface area contributed by atoms with Crippen molar-refractivity contribution >= 4 is 31.5 Å². The van der Waals surface area contributed by atoms with E-state index in [0.29, 0.717) is 25.9 Å². The highest BCUT2D eigenvalue weighted by Gasteiger charge is 2.52. The molecule has 9 heteroatoms. The van der Waals surface area contributed by atoms with Gasteiger partial charge in [0.15, 0.2) is 14.6 Å². The van der Waals surface area contributed by atoms with Gasteiger partial charge in [0.2, 0.25) is 15.9 Å². The molecule has 1 fully saturated rings. The van der Waals surface area contributed by atoms with Crippen molar-refractivity contribution in [3.63, 3.8) is 0 Å². The summed E-state index contributed by atoms with van der Waals surface area (Å²) in [7, 11) is -7.62. The summed E-state index contributed by atoms with van der Waals surface area (Å²) in [4.78, 5) is 13.5.